The minimum absolute atomic E-state index is 0.0539. The molecule has 0 radical (unpaired) electrons. The van der Waals surface area contributed by atoms with Crippen LogP contribution in [-0.4, -0.2) is 28.3 Å². The number of phenols is 2. The molecular weight excluding hydrogens is 745 g/mol. The van der Waals surface area contributed by atoms with E-state index >= 15 is 0 Å². The van der Waals surface area contributed by atoms with Crippen molar-refractivity contribution < 1.29 is 10.2 Å². The Bertz CT molecular complexity index is 2400. The van der Waals surface area contributed by atoms with Gasteiger partial charge in [0, 0.05) is 63.0 Å². The first kappa shape index (κ1) is 38.1. The highest BCUT2D eigenvalue weighted by atomic mass is 16.3. The van der Waals surface area contributed by atoms with Crippen molar-refractivity contribution in [2.24, 2.45) is 34.5 Å². The summed E-state index contributed by atoms with van der Waals surface area (Å²) in [5, 5.41) is 25.2. The predicted molar refractivity (Wildman–Crippen MR) is 249 cm³/mol. The standard InChI is InChI=1S/C57H64N2O2/c1-35-17-46(52(60)48(19-35)56-29-37-21-38(30-56)26-54(3,25-37)33-56)42-11-5-7-13-44(42)50-23-41(59-15-9-10-16-59)24-51(58-50)45-14-8-6-12-43(45)47-18-36(2)20-49(53(47)61)57-31-39-22-40(32-57)28-55(4,27-39)34-57/h5-8,11-14,17-20,23-24,37-40,60-61H,9-10,15-16,21-22,25-34H2,1-4H3. The summed E-state index contributed by atoms with van der Waals surface area (Å²) in [5.74, 6) is 4.04. The Balaban J connectivity index is 0.990. The fourth-order valence-electron chi connectivity index (χ4n) is 16.7. The van der Waals surface area contributed by atoms with E-state index in [1.54, 1.807) is 0 Å². The molecule has 0 amide bonds. The Morgan fingerprint density at radius 2 is 0.902 bits per heavy atom. The van der Waals surface area contributed by atoms with Crippen LogP contribution in [0.1, 0.15) is 126 Å². The Hall–Kier alpha value is -4.57. The van der Waals surface area contributed by atoms with Gasteiger partial charge in [-0.2, -0.15) is 0 Å². The molecule has 1 saturated heterocycles. The Kier molecular flexibility index (Phi) is 8.42. The van der Waals surface area contributed by atoms with Crippen LogP contribution in [0.25, 0.3) is 44.8 Å². The second kappa shape index (κ2) is 13.5. The van der Waals surface area contributed by atoms with E-state index in [0.717, 1.165) is 81.5 Å². The van der Waals surface area contributed by atoms with Crippen LogP contribution in [0, 0.1) is 48.3 Å². The van der Waals surface area contributed by atoms with E-state index in [9.17, 15) is 10.2 Å². The molecule has 8 aliphatic carbocycles. The van der Waals surface area contributed by atoms with Crippen LogP contribution in [0.3, 0.4) is 0 Å². The van der Waals surface area contributed by atoms with Crippen molar-refractivity contribution in [3.63, 3.8) is 0 Å². The zero-order valence-electron chi connectivity index (χ0n) is 37.0. The number of pyridine rings is 1. The third-order valence-electron chi connectivity index (χ3n) is 17.6. The van der Waals surface area contributed by atoms with Crippen LogP contribution in [-0.2, 0) is 10.8 Å². The van der Waals surface area contributed by atoms with Gasteiger partial charge in [-0.1, -0.05) is 74.5 Å². The summed E-state index contributed by atoms with van der Waals surface area (Å²) in [5.41, 5.74) is 14.7. The molecule has 4 heteroatoms. The fourth-order valence-corrected chi connectivity index (χ4v) is 16.7. The smallest absolute Gasteiger partial charge is 0.127 e. The lowest BCUT2D eigenvalue weighted by molar-refractivity contribution is -0.0624. The van der Waals surface area contributed by atoms with E-state index < -0.39 is 0 Å². The molecule has 9 aliphatic rings. The SMILES string of the molecule is Cc1cc(-c2ccccc2-c2cc(N3CCCC3)cc(-c3ccccc3-c3cc(C)cc(C45CC6CC(CC(C)(C6)C4)C5)c3O)n2)c(O)c(C23CC4CC(CC(C)(C4)C2)C3)c1. The van der Waals surface area contributed by atoms with Crippen molar-refractivity contribution in [2.75, 3.05) is 18.0 Å². The monoisotopic (exact) mass is 808 g/mol. The van der Waals surface area contributed by atoms with Gasteiger partial charge in [0.05, 0.1) is 11.4 Å². The molecule has 8 saturated carbocycles. The summed E-state index contributed by atoms with van der Waals surface area (Å²) in [7, 11) is 0. The highest BCUT2D eigenvalue weighted by Gasteiger charge is 2.58. The minimum atomic E-state index is 0.0539. The zero-order valence-corrected chi connectivity index (χ0v) is 37.0. The van der Waals surface area contributed by atoms with E-state index in [4.69, 9.17) is 4.98 Å². The van der Waals surface area contributed by atoms with Crippen LogP contribution >= 0.6 is 0 Å². The third kappa shape index (κ3) is 6.15. The van der Waals surface area contributed by atoms with Gasteiger partial charge in [-0.25, -0.2) is 4.98 Å². The van der Waals surface area contributed by atoms with Gasteiger partial charge in [-0.05, 0) is 185 Å². The Morgan fingerprint density at radius 3 is 1.30 bits per heavy atom. The summed E-state index contributed by atoms with van der Waals surface area (Å²) in [4.78, 5) is 8.12. The fraction of sp³-hybridized carbons (Fsp3) is 0.491. The van der Waals surface area contributed by atoms with Gasteiger partial charge < -0.3 is 15.1 Å². The molecule has 4 nitrogen and oxygen atoms in total. The molecule has 4 aromatic carbocycles. The lowest BCUT2D eigenvalue weighted by Crippen LogP contribution is -2.53. The molecular formula is C57H64N2O2. The van der Waals surface area contributed by atoms with Gasteiger partial charge >= 0.3 is 0 Å². The first-order chi connectivity index (χ1) is 29.4. The Morgan fingerprint density at radius 1 is 0.508 bits per heavy atom. The number of aromatic nitrogens is 1. The molecule has 4 atom stereocenters. The summed E-state index contributed by atoms with van der Waals surface area (Å²) < 4.78 is 0. The number of hydrogen-bond donors (Lipinski definition) is 2. The summed E-state index contributed by atoms with van der Waals surface area (Å²) in [6.07, 6.45) is 17.7. The van der Waals surface area contributed by atoms with Crippen LogP contribution in [0.2, 0.25) is 0 Å². The molecule has 14 rings (SSSR count). The first-order valence-electron chi connectivity index (χ1n) is 24.0. The van der Waals surface area contributed by atoms with Crippen molar-refractivity contribution in [1.82, 2.24) is 4.98 Å². The van der Waals surface area contributed by atoms with Gasteiger partial charge in [-0.3, -0.25) is 0 Å². The van der Waals surface area contributed by atoms with Crippen molar-refractivity contribution in [2.45, 2.75) is 128 Å². The van der Waals surface area contributed by atoms with Gasteiger partial charge in [0.15, 0.2) is 0 Å². The van der Waals surface area contributed by atoms with Crippen LogP contribution < -0.4 is 4.90 Å². The largest absolute Gasteiger partial charge is 0.507 e. The van der Waals surface area contributed by atoms with Gasteiger partial charge in [0.25, 0.3) is 0 Å². The van der Waals surface area contributed by atoms with Crippen molar-refractivity contribution in [1.29, 1.82) is 0 Å². The lowest BCUT2D eigenvalue weighted by atomic mass is 9.43. The lowest BCUT2D eigenvalue weighted by Gasteiger charge is -2.61. The maximum Gasteiger partial charge on any atom is 0.127 e. The number of nitrogens with zero attached hydrogens (tertiary/aromatic N) is 2. The van der Waals surface area contributed by atoms with E-state index in [1.165, 1.54) is 118 Å². The third-order valence-corrected chi connectivity index (χ3v) is 17.6. The molecule has 8 bridgehead atoms. The average Bonchev–Trinajstić information content (AvgIpc) is 3.76. The van der Waals surface area contributed by atoms with E-state index in [0.29, 0.717) is 22.3 Å². The molecule has 5 aromatic rings. The maximum absolute atomic E-state index is 12.6. The molecule has 314 valence electrons. The zero-order chi connectivity index (χ0) is 41.5. The topological polar surface area (TPSA) is 56.6 Å². The van der Waals surface area contributed by atoms with Crippen molar-refractivity contribution in [3.05, 3.63) is 107 Å². The number of aryl methyl sites for hydroxylation is 2. The van der Waals surface area contributed by atoms with Crippen molar-refractivity contribution in [3.8, 4) is 56.3 Å². The molecule has 1 aliphatic heterocycles. The Labute approximate surface area is 363 Å². The molecule has 4 unspecified atom stereocenters. The quantitative estimate of drug-likeness (QED) is 0.172. The number of hydrogen-bond acceptors (Lipinski definition) is 4. The van der Waals surface area contributed by atoms with Crippen LogP contribution in [0.15, 0.2) is 84.9 Å². The van der Waals surface area contributed by atoms with E-state index in [-0.39, 0.29) is 10.8 Å². The van der Waals surface area contributed by atoms with Crippen LogP contribution in [0.4, 0.5) is 5.69 Å². The summed E-state index contributed by atoms with van der Waals surface area (Å²) in [6, 6.07) is 31.0. The van der Waals surface area contributed by atoms with Crippen molar-refractivity contribution >= 4 is 5.69 Å². The average molecular weight is 809 g/mol. The van der Waals surface area contributed by atoms with Gasteiger partial charge in [-0.15, -0.1) is 0 Å². The number of benzene rings is 4. The van der Waals surface area contributed by atoms with E-state index in [1.807, 2.05) is 0 Å². The van der Waals surface area contributed by atoms with Gasteiger partial charge in [0.2, 0.25) is 0 Å². The van der Waals surface area contributed by atoms with Gasteiger partial charge in [0.1, 0.15) is 11.5 Å². The number of anilines is 1. The first-order valence-corrected chi connectivity index (χ1v) is 24.0. The molecule has 0 spiro atoms. The highest BCUT2D eigenvalue weighted by Crippen LogP contribution is 2.68. The molecule has 2 heterocycles. The normalized spacial score (nSPS) is 33.2. The second-order valence-corrected chi connectivity index (χ2v) is 22.9. The second-order valence-electron chi connectivity index (χ2n) is 22.9. The maximum atomic E-state index is 12.6. The molecule has 9 fully saturated rings. The number of aromatic hydroxyl groups is 2. The predicted octanol–water partition coefficient (Wildman–Crippen LogP) is 14.1. The molecule has 2 N–H and O–H groups in total. The minimum Gasteiger partial charge on any atom is -0.507 e. The highest BCUT2D eigenvalue weighted by molar-refractivity contribution is 5.90. The number of rotatable bonds is 7. The van der Waals surface area contributed by atoms with E-state index in [2.05, 4.69) is 118 Å². The molecule has 1 aromatic heterocycles. The molecule has 61 heavy (non-hydrogen) atoms. The summed E-state index contributed by atoms with van der Waals surface area (Å²) in [6.45, 7) is 11.5. The number of phenolic OH excluding ortho intramolecular Hbond substituents is 2. The summed E-state index contributed by atoms with van der Waals surface area (Å²) >= 11 is 0. The van der Waals surface area contributed by atoms with Crippen LogP contribution in [0.5, 0.6) is 11.5 Å².